The van der Waals surface area contributed by atoms with Crippen LogP contribution in [0.15, 0.2) is 17.3 Å². The van der Waals surface area contributed by atoms with Crippen LogP contribution in [-0.2, 0) is 23.7 Å². The number of rotatable bonds is 15. The van der Waals surface area contributed by atoms with Crippen LogP contribution < -0.4 is 5.32 Å². The summed E-state index contributed by atoms with van der Waals surface area (Å²) < 4.78 is 21.8. The molecule has 2 rings (SSSR count). The van der Waals surface area contributed by atoms with Gasteiger partial charge in [-0.3, -0.25) is 4.79 Å². The minimum atomic E-state index is -1.81. The second-order valence-electron chi connectivity index (χ2n) is 9.46. The van der Waals surface area contributed by atoms with Gasteiger partial charge in [-0.25, -0.2) is 0 Å². The lowest BCUT2D eigenvalue weighted by Crippen LogP contribution is -2.65. The second-order valence-corrected chi connectivity index (χ2v) is 9.46. The van der Waals surface area contributed by atoms with Gasteiger partial charge in [-0.15, -0.1) is 0 Å². The van der Waals surface area contributed by atoms with Gasteiger partial charge < -0.3 is 65.1 Å². The molecule has 0 bridgehead atoms. The number of aliphatic hydroxyl groups excluding tert-OH is 8. The standard InChI is InChI=1S/C23H40N4O13/c1-2-3-4-5-6-12(30)11(26-15(31)7-25-27-24)10-37-22-20(36)18(34)21(14(9-29)39-22)40-23-19(35)17(33)16(32)13(8-28)38-23/h5-6,11-14,16-23,28-30,32-36H,2-4,7-10H2,1H3,(H,26,31)/b6-5+/t11-,12+,13?,14?,16-,17-,18+,19?,20?,21+,22+,23-/m0/s1. The molecule has 2 saturated heterocycles. The highest BCUT2D eigenvalue weighted by atomic mass is 16.7. The number of ether oxygens (including phenoxy) is 4. The minimum absolute atomic E-state index is 0.438. The summed E-state index contributed by atoms with van der Waals surface area (Å²) in [6.07, 6.45) is -11.8. The third-order valence-electron chi connectivity index (χ3n) is 6.49. The van der Waals surface area contributed by atoms with E-state index in [4.69, 9.17) is 24.5 Å². The molecule has 0 saturated carbocycles. The zero-order valence-electron chi connectivity index (χ0n) is 22.0. The van der Waals surface area contributed by atoms with Crippen LogP contribution in [0.25, 0.3) is 10.4 Å². The SMILES string of the molecule is CCCC/C=C/[C@@H](O)[C@H](CO[C@@H]1OC(CO)[C@@H](O[C@@H]2OC(CO)[C@H](O)[C@H](O)C2O)[C@H](O)C1O)NC(=O)CN=[N+]=[N-]. The summed E-state index contributed by atoms with van der Waals surface area (Å²) in [5.41, 5.74) is 8.43. The number of hydrogen-bond acceptors (Lipinski definition) is 14. The number of carbonyl (C=O) groups excluding carboxylic acids is 1. The molecule has 2 aliphatic rings. The third-order valence-corrected chi connectivity index (χ3v) is 6.49. The van der Waals surface area contributed by atoms with Crippen LogP contribution in [0.2, 0.25) is 0 Å². The summed E-state index contributed by atoms with van der Waals surface area (Å²) in [6, 6.07) is -1.08. The molecule has 17 heteroatoms. The van der Waals surface area contributed by atoms with Gasteiger partial charge in [0.25, 0.3) is 0 Å². The van der Waals surface area contributed by atoms with E-state index in [0.29, 0.717) is 6.42 Å². The second kappa shape index (κ2) is 17.1. The molecule has 0 radical (unpaired) electrons. The first kappa shape index (κ1) is 34.2. The topological polar surface area (TPSA) is 277 Å². The summed E-state index contributed by atoms with van der Waals surface area (Å²) in [5.74, 6) is -0.709. The van der Waals surface area contributed by atoms with Crippen LogP contribution in [0.4, 0.5) is 0 Å². The number of aliphatic hydroxyl groups is 8. The molecule has 0 spiro atoms. The smallest absolute Gasteiger partial charge is 0.226 e. The number of nitrogens with one attached hydrogen (secondary N) is 1. The van der Waals surface area contributed by atoms with Gasteiger partial charge in [0.15, 0.2) is 12.6 Å². The Balaban J connectivity index is 2.09. The highest BCUT2D eigenvalue weighted by Crippen LogP contribution is 2.29. The number of allylic oxidation sites excluding steroid dienone is 1. The Morgan fingerprint density at radius 3 is 2.30 bits per heavy atom. The van der Waals surface area contributed by atoms with E-state index in [1.807, 2.05) is 6.92 Å². The molecule has 2 fully saturated rings. The Kier molecular flexibility index (Phi) is 14.6. The minimum Gasteiger partial charge on any atom is -0.394 e. The van der Waals surface area contributed by atoms with E-state index in [1.165, 1.54) is 6.08 Å². The summed E-state index contributed by atoms with van der Waals surface area (Å²) in [4.78, 5) is 14.6. The van der Waals surface area contributed by atoms with Crippen molar-refractivity contribution in [2.24, 2.45) is 5.11 Å². The molecule has 1 amide bonds. The average Bonchev–Trinajstić information content (AvgIpc) is 2.95. The summed E-state index contributed by atoms with van der Waals surface area (Å²) in [5, 5.41) is 86.9. The molecule has 0 aliphatic carbocycles. The molecule has 4 unspecified atom stereocenters. The van der Waals surface area contributed by atoms with E-state index in [-0.39, 0.29) is 0 Å². The van der Waals surface area contributed by atoms with Crippen LogP contribution in [0, 0.1) is 0 Å². The van der Waals surface area contributed by atoms with Gasteiger partial charge in [0.1, 0.15) is 55.4 Å². The van der Waals surface area contributed by atoms with Gasteiger partial charge in [0, 0.05) is 4.91 Å². The van der Waals surface area contributed by atoms with Crippen molar-refractivity contribution in [2.75, 3.05) is 26.4 Å². The maximum Gasteiger partial charge on any atom is 0.226 e. The maximum atomic E-state index is 12.1. The maximum absolute atomic E-state index is 12.1. The number of carbonyl (C=O) groups is 1. The summed E-state index contributed by atoms with van der Waals surface area (Å²) in [6.45, 7) is -0.465. The predicted octanol–water partition coefficient (Wildman–Crippen LogP) is -3.47. The predicted molar refractivity (Wildman–Crippen MR) is 133 cm³/mol. The molecule has 230 valence electrons. The lowest BCUT2D eigenvalue weighted by Gasteiger charge is -2.46. The first-order valence-corrected chi connectivity index (χ1v) is 12.9. The van der Waals surface area contributed by atoms with Crippen molar-refractivity contribution < 1.29 is 64.6 Å². The van der Waals surface area contributed by atoms with Crippen molar-refractivity contribution in [1.82, 2.24) is 5.32 Å². The van der Waals surface area contributed by atoms with Crippen molar-refractivity contribution in [3.8, 4) is 0 Å². The van der Waals surface area contributed by atoms with Crippen molar-refractivity contribution in [2.45, 2.75) is 99.7 Å². The molecule has 40 heavy (non-hydrogen) atoms. The third kappa shape index (κ3) is 9.28. The number of hydrogen-bond donors (Lipinski definition) is 9. The van der Waals surface area contributed by atoms with E-state index < -0.39 is 106 Å². The quantitative estimate of drug-likeness (QED) is 0.0300. The molecule has 0 aromatic heterocycles. The van der Waals surface area contributed by atoms with Gasteiger partial charge in [0.05, 0.1) is 32.0 Å². The highest BCUT2D eigenvalue weighted by Gasteiger charge is 2.50. The highest BCUT2D eigenvalue weighted by molar-refractivity contribution is 5.78. The zero-order chi connectivity index (χ0) is 29.8. The van der Waals surface area contributed by atoms with E-state index in [0.717, 1.165) is 12.8 Å². The van der Waals surface area contributed by atoms with Gasteiger partial charge >= 0.3 is 0 Å². The van der Waals surface area contributed by atoms with Crippen LogP contribution in [0.3, 0.4) is 0 Å². The van der Waals surface area contributed by atoms with E-state index in [1.54, 1.807) is 6.08 Å². The molecule has 12 atom stereocenters. The fourth-order valence-electron chi connectivity index (χ4n) is 4.16. The molecule has 0 aromatic carbocycles. The van der Waals surface area contributed by atoms with Gasteiger partial charge in [-0.2, -0.15) is 0 Å². The van der Waals surface area contributed by atoms with Gasteiger partial charge in [-0.1, -0.05) is 37.0 Å². The van der Waals surface area contributed by atoms with Crippen LogP contribution in [0.5, 0.6) is 0 Å². The van der Waals surface area contributed by atoms with Crippen LogP contribution >= 0.6 is 0 Å². The monoisotopic (exact) mass is 580 g/mol. The van der Waals surface area contributed by atoms with Crippen molar-refractivity contribution in [3.63, 3.8) is 0 Å². The average molecular weight is 581 g/mol. The largest absolute Gasteiger partial charge is 0.394 e. The Morgan fingerprint density at radius 1 is 1.02 bits per heavy atom. The molecule has 2 heterocycles. The Labute approximate surface area is 230 Å². The fraction of sp³-hybridized carbons (Fsp3) is 0.870. The first-order valence-electron chi connectivity index (χ1n) is 12.9. The fourth-order valence-corrected chi connectivity index (χ4v) is 4.16. The Morgan fingerprint density at radius 2 is 1.68 bits per heavy atom. The molecule has 2 aliphatic heterocycles. The van der Waals surface area contributed by atoms with Gasteiger partial charge in [-0.05, 0) is 12.0 Å². The Bertz CT molecular complexity index is 844. The number of azide groups is 1. The molecule has 17 nitrogen and oxygen atoms in total. The van der Waals surface area contributed by atoms with Gasteiger partial charge in [0.2, 0.25) is 5.91 Å². The zero-order valence-corrected chi connectivity index (χ0v) is 22.0. The molecule has 9 N–H and O–H groups in total. The number of unbranched alkanes of at least 4 members (excludes halogenated alkanes) is 2. The summed E-state index contributed by atoms with van der Waals surface area (Å²) in [7, 11) is 0. The lowest BCUT2D eigenvalue weighted by molar-refractivity contribution is -0.359. The number of amides is 1. The van der Waals surface area contributed by atoms with Crippen molar-refractivity contribution in [1.29, 1.82) is 0 Å². The van der Waals surface area contributed by atoms with Crippen LogP contribution in [0.1, 0.15) is 26.2 Å². The van der Waals surface area contributed by atoms with E-state index >= 15 is 0 Å². The number of nitrogens with zero attached hydrogens (tertiary/aromatic N) is 3. The first-order chi connectivity index (χ1) is 19.1. The molecular formula is C23H40N4O13. The van der Waals surface area contributed by atoms with E-state index in [2.05, 4.69) is 15.3 Å². The molecular weight excluding hydrogens is 540 g/mol. The van der Waals surface area contributed by atoms with Crippen molar-refractivity contribution >= 4 is 5.91 Å². The van der Waals surface area contributed by atoms with Crippen molar-refractivity contribution in [3.05, 3.63) is 22.6 Å². The normalized spacial score (nSPS) is 36.1. The van der Waals surface area contributed by atoms with Crippen LogP contribution in [-0.4, -0.2) is 147 Å². The van der Waals surface area contributed by atoms with E-state index in [9.17, 15) is 45.6 Å². The molecule has 0 aromatic rings. The lowest BCUT2D eigenvalue weighted by atomic mass is 9.97. The Hall–Kier alpha value is -1.96. The summed E-state index contributed by atoms with van der Waals surface area (Å²) >= 11 is 0.